The van der Waals surface area contributed by atoms with Gasteiger partial charge in [-0.1, -0.05) is 60.7 Å². The standard InChI is InChI=1S/C34H30N2O10S4/c37-27(19-7-3-1-4-8-19)29(39)45-23-12-14-43-17-22-16-34-32(42)35-25-21(15-33(35,47-49-50-48-34)31(41)36(34)26(22)23)11-13-44-18-24(25)46-30(40)28(38)20-9-5-2-6-10-20/h1-14,18,21-23,25-28,37-38H,15-17H2/t21?,22?,23-,25-,26-,27+,28+,33+,34+/m0/s1. The van der Waals surface area contributed by atoms with Gasteiger partial charge in [-0.3, -0.25) is 9.59 Å². The Balaban J connectivity index is 1.14. The summed E-state index contributed by atoms with van der Waals surface area (Å²) >= 11 is 0. The third-order valence-corrected chi connectivity index (χ3v) is 17.1. The van der Waals surface area contributed by atoms with Crippen LogP contribution in [0.25, 0.3) is 0 Å². The Labute approximate surface area is 301 Å². The first-order valence-corrected chi connectivity index (χ1v) is 20.6. The number of hydrogen-bond donors (Lipinski definition) is 2. The molecule has 0 saturated carbocycles. The van der Waals surface area contributed by atoms with Gasteiger partial charge >= 0.3 is 11.9 Å². The first-order chi connectivity index (χ1) is 24.2. The molecule has 16 heteroatoms. The van der Waals surface area contributed by atoms with Crippen LogP contribution in [0, 0.1) is 11.8 Å². The molecule has 2 unspecified atom stereocenters. The normalized spacial score (nSPS) is 33.5. The zero-order chi connectivity index (χ0) is 34.6. The van der Waals surface area contributed by atoms with Gasteiger partial charge in [0, 0.05) is 11.8 Å². The molecule has 0 aromatic heterocycles. The maximum absolute atomic E-state index is 15.2. The smallest absolute Gasteiger partial charge is 0.344 e. The number of piperazine rings is 1. The molecule has 2 aromatic rings. The number of fused-ring (bicyclic) bond motifs is 5. The summed E-state index contributed by atoms with van der Waals surface area (Å²) in [7, 11) is 5.31. The number of rotatable bonds is 6. The number of amides is 2. The van der Waals surface area contributed by atoms with Gasteiger partial charge in [-0.05, 0) is 77.4 Å². The van der Waals surface area contributed by atoms with Gasteiger partial charge in [0.25, 0.3) is 11.8 Å². The van der Waals surface area contributed by atoms with Crippen LogP contribution in [0.2, 0.25) is 0 Å². The molecule has 260 valence electrons. The topological polar surface area (TPSA) is 152 Å². The van der Waals surface area contributed by atoms with Crippen LogP contribution in [0.3, 0.4) is 0 Å². The minimum absolute atomic E-state index is 0.00406. The molecule has 0 aliphatic carbocycles. The number of nitrogens with zero attached hydrogens (tertiary/aromatic N) is 2. The predicted octanol–water partition coefficient (Wildman–Crippen LogP) is 4.37. The van der Waals surface area contributed by atoms with E-state index in [0.717, 1.165) is 0 Å². The molecule has 0 radical (unpaired) electrons. The molecular weight excluding hydrogens is 725 g/mol. The van der Waals surface area contributed by atoms with Crippen LogP contribution in [0.4, 0.5) is 0 Å². The second-order valence-electron chi connectivity index (χ2n) is 12.6. The summed E-state index contributed by atoms with van der Waals surface area (Å²) in [5.41, 5.74) is 0.698. The number of hydrogen-bond acceptors (Lipinski definition) is 14. The maximum atomic E-state index is 15.2. The Morgan fingerprint density at radius 3 is 2.12 bits per heavy atom. The van der Waals surface area contributed by atoms with E-state index >= 15 is 9.59 Å². The maximum Gasteiger partial charge on any atom is 0.344 e. The molecule has 2 amide bonds. The SMILES string of the molecule is O=C(OC1=COC=CC2C[C@@]34SSSS[C@]5(CC6COC=C[C@H](OC(=O)[C@H](O)c7ccccc7)[C@H]6N5C3=O)C(=O)N4[C@H]12)[C@H](O)c1ccccc1. The third-order valence-electron chi connectivity index (χ3n) is 9.81. The third kappa shape index (κ3) is 5.34. The first kappa shape index (κ1) is 33.6. The summed E-state index contributed by atoms with van der Waals surface area (Å²) < 4.78 is 23.0. The molecule has 7 aliphatic heterocycles. The first-order valence-electron chi connectivity index (χ1n) is 15.8. The van der Waals surface area contributed by atoms with Gasteiger partial charge in [-0.15, -0.1) is 0 Å². The minimum atomic E-state index is -1.59. The molecule has 2 aromatic carbocycles. The van der Waals surface area contributed by atoms with Gasteiger partial charge < -0.3 is 39.0 Å². The van der Waals surface area contributed by atoms with Gasteiger partial charge in [-0.25, -0.2) is 9.59 Å². The zero-order valence-electron chi connectivity index (χ0n) is 26.0. The van der Waals surface area contributed by atoms with Crippen LogP contribution in [0.1, 0.15) is 36.2 Å². The Morgan fingerprint density at radius 2 is 1.44 bits per heavy atom. The van der Waals surface area contributed by atoms with Crippen LogP contribution >= 0.6 is 41.2 Å². The Morgan fingerprint density at radius 1 is 0.820 bits per heavy atom. The molecule has 9 rings (SSSR count). The summed E-state index contributed by atoms with van der Waals surface area (Å²) in [5, 5.41) is 21.6. The highest BCUT2D eigenvalue weighted by Gasteiger charge is 2.76. The molecule has 12 nitrogen and oxygen atoms in total. The van der Waals surface area contributed by atoms with E-state index in [9.17, 15) is 19.8 Å². The Hall–Kier alpha value is -3.54. The number of aliphatic hydroxyl groups excluding tert-OH is 2. The van der Waals surface area contributed by atoms with Crippen molar-refractivity contribution in [3.8, 4) is 0 Å². The van der Waals surface area contributed by atoms with Gasteiger partial charge in [-0.2, -0.15) is 0 Å². The average Bonchev–Trinajstić information content (AvgIpc) is 3.48. The van der Waals surface area contributed by atoms with Crippen molar-refractivity contribution < 1.29 is 48.3 Å². The summed E-state index contributed by atoms with van der Waals surface area (Å²) in [4.78, 5) is 57.2. The second-order valence-corrected chi connectivity index (χ2v) is 18.8. The van der Waals surface area contributed by atoms with E-state index in [-0.39, 0.29) is 37.0 Å². The van der Waals surface area contributed by atoms with E-state index in [4.69, 9.17) is 18.9 Å². The van der Waals surface area contributed by atoms with Gasteiger partial charge in [0.05, 0.1) is 25.2 Å². The second kappa shape index (κ2) is 13.2. The van der Waals surface area contributed by atoms with Crippen LogP contribution in [0.15, 0.2) is 97.4 Å². The van der Waals surface area contributed by atoms with Crippen molar-refractivity contribution in [2.75, 3.05) is 6.61 Å². The molecule has 5 saturated heterocycles. The summed E-state index contributed by atoms with van der Waals surface area (Å²) in [6.45, 7) is 0.163. The molecule has 50 heavy (non-hydrogen) atoms. The van der Waals surface area contributed by atoms with E-state index in [0.29, 0.717) is 11.1 Å². The minimum Gasteiger partial charge on any atom is -0.501 e. The van der Waals surface area contributed by atoms with Crippen molar-refractivity contribution in [2.45, 2.75) is 53.0 Å². The predicted molar refractivity (Wildman–Crippen MR) is 185 cm³/mol. The van der Waals surface area contributed by atoms with Gasteiger partial charge in [0.1, 0.15) is 18.4 Å². The molecule has 5 fully saturated rings. The Kier molecular flexibility index (Phi) is 8.88. The Bertz CT molecular complexity index is 1800. The van der Waals surface area contributed by atoms with Crippen molar-refractivity contribution in [2.24, 2.45) is 11.8 Å². The number of ether oxygens (including phenoxy) is 4. The summed E-state index contributed by atoms with van der Waals surface area (Å²) in [5.74, 6) is -3.45. The van der Waals surface area contributed by atoms with Crippen molar-refractivity contribution in [1.82, 2.24) is 9.80 Å². The highest BCUT2D eigenvalue weighted by Crippen LogP contribution is 2.69. The number of aliphatic hydroxyl groups is 2. The number of carbonyl (C=O) groups is 4. The van der Waals surface area contributed by atoms with E-state index in [1.54, 1.807) is 77.7 Å². The molecule has 2 bridgehead atoms. The fraction of sp³-hybridized carbons (Fsp3) is 0.353. The molecule has 7 heterocycles. The lowest BCUT2D eigenvalue weighted by Crippen LogP contribution is -2.74. The molecule has 2 spiro atoms. The fourth-order valence-corrected chi connectivity index (χ4v) is 15.5. The highest BCUT2D eigenvalue weighted by molar-refractivity contribution is 9.26. The lowest BCUT2D eigenvalue weighted by atomic mass is 9.95. The van der Waals surface area contributed by atoms with E-state index in [1.807, 2.05) is 0 Å². The van der Waals surface area contributed by atoms with Crippen LogP contribution < -0.4 is 0 Å². The average molecular weight is 755 g/mol. The molecular formula is C34H30N2O10S4. The quantitative estimate of drug-likeness (QED) is 0.317. The lowest BCUT2D eigenvalue weighted by molar-refractivity contribution is -0.172. The number of benzene rings is 2. The van der Waals surface area contributed by atoms with Gasteiger partial charge in [0.2, 0.25) is 0 Å². The van der Waals surface area contributed by atoms with Crippen molar-refractivity contribution in [1.29, 1.82) is 0 Å². The van der Waals surface area contributed by atoms with E-state index in [2.05, 4.69) is 0 Å². The highest BCUT2D eigenvalue weighted by atomic mass is 33.7. The summed E-state index contributed by atoms with van der Waals surface area (Å²) in [6, 6.07) is 15.1. The fourth-order valence-electron chi connectivity index (χ4n) is 7.62. The number of carbonyl (C=O) groups excluding carboxylic acids is 4. The van der Waals surface area contributed by atoms with Crippen LogP contribution in [-0.2, 0) is 38.1 Å². The van der Waals surface area contributed by atoms with Gasteiger partial charge in [0.15, 0.2) is 27.7 Å². The van der Waals surface area contributed by atoms with Crippen molar-refractivity contribution in [3.05, 3.63) is 108 Å². The van der Waals surface area contributed by atoms with Crippen molar-refractivity contribution >= 4 is 65.0 Å². The van der Waals surface area contributed by atoms with Crippen LogP contribution in [-0.4, -0.2) is 78.3 Å². The molecule has 2 N–H and O–H groups in total. The van der Waals surface area contributed by atoms with E-state index in [1.165, 1.54) is 64.9 Å². The molecule has 9 atom stereocenters. The monoisotopic (exact) mass is 754 g/mol. The largest absolute Gasteiger partial charge is 0.501 e. The molecule has 7 aliphatic rings. The van der Waals surface area contributed by atoms with Crippen molar-refractivity contribution in [3.63, 3.8) is 0 Å². The number of esters is 2. The van der Waals surface area contributed by atoms with Crippen LogP contribution in [0.5, 0.6) is 0 Å². The zero-order valence-corrected chi connectivity index (χ0v) is 29.3. The lowest BCUT2D eigenvalue weighted by Gasteiger charge is -2.55. The van der Waals surface area contributed by atoms with E-state index < -0.39 is 63.9 Å². The summed E-state index contributed by atoms with van der Waals surface area (Å²) in [6.07, 6.45) is 3.60.